The van der Waals surface area contributed by atoms with Crippen molar-refractivity contribution in [3.8, 4) is 0 Å². The number of nitrogens with one attached hydrogen (secondary N) is 2. The molecule has 0 atom stereocenters. The minimum atomic E-state index is -3.60. The molecule has 2 N–H and O–H groups in total. The third kappa shape index (κ3) is 4.59. The van der Waals surface area contributed by atoms with Gasteiger partial charge in [0.25, 0.3) is 0 Å². The first-order chi connectivity index (χ1) is 12.8. The fourth-order valence-electron chi connectivity index (χ4n) is 3.46. The topological polar surface area (TPSA) is 75.3 Å². The van der Waals surface area contributed by atoms with Crippen molar-refractivity contribution in [3.05, 3.63) is 46.7 Å². The molecule has 0 bridgehead atoms. The zero-order chi connectivity index (χ0) is 19.5. The van der Waals surface area contributed by atoms with Gasteiger partial charge in [0.05, 0.1) is 4.90 Å². The summed E-state index contributed by atoms with van der Waals surface area (Å²) >= 11 is 1.70. The van der Waals surface area contributed by atoms with Crippen LogP contribution in [0.4, 0.5) is 5.69 Å². The van der Waals surface area contributed by atoms with E-state index < -0.39 is 10.0 Å². The maximum atomic E-state index is 12.7. The molecular weight excluding hydrogens is 380 g/mol. The van der Waals surface area contributed by atoms with Crippen molar-refractivity contribution in [2.75, 3.05) is 11.9 Å². The molecule has 1 aliphatic rings. The van der Waals surface area contributed by atoms with Crippen molar-refractivity contribution < 1.29 is 13.2 Å². The van der Waals surface area contributed by atoms with Crippen molar-refractivity contribution in [1.82, 2.24) is 4.72 Å². The van der Waals surface area contributed by atoms with Gasteiger partial charge in [0, 0.05) is 28.4 Å². The molecule has 27 heavy (non-hydrogen) atoms. The van der Waals surface area contributed by atoms with Gasteiger partial charge < -0.3 is 5.32 Å². The van der Waals surface area contributed by atoms with Crippen LogP contribution in [0, 0.1) is 5.92 Å². The average Bonchev–Trinajstić information content (AvgIpc) is 3.33. The van der Waals surface area contributed by atoms with Gasteiger partial charge in [-0.2, -0.15) is 0 Å². The summed E-state index contributed by atoms with van der Waals surface area (Å²) in [6.07, 6.45) is 4.28. The molecule has 1 amide bonds. The van der Waals surface area contributed by atoms with Crippen LogP contribution in [0.5, 0.6) is 0 Å². The molecule has 1 fully saturated rings. The molecule has 0 unspecified atom stereocenters. The van der Waals surface area contributed by atoms with Crippen LogP contribution in [0.3, 0.4) is 0 Å². The summed E-state index contributed by atoms with van der Waals surface area (Å²) < 4.78 is 28.3. The summed E-state index contributed by atoms with van der Waals surface area (Å²) in [6, 6.07) is 10.4. The average molecular weight is 407 g/mol. The molecule has 7 heteroatoms. The number of sulfonamides is 1. The summed E-state index contributed by atoms with van der Waals surface area (Å²) in [7, 11) is -3.60. The molecular formula is C20H26N2O3S2. The lowest BCUT2D eigenvalue weighted by molar-refractivity contribution is -0.118. The molecule has 1 saturated carbocycles. The second-order valence-electron chi connectivity index (χ2n) is 7.46. The number of rotatable bonds is 7. The number of hydrogen-bond donors (Lipinski definition) is 2. The van der Waals surface area contributed by atoms with E-state index in [0.29, 0.717) is 12.2 Å². The number of thiophene rings is 1. The number of amides is 1. The number of hydrogen-bond acceptors (Lipinski definition) is 4. The Hall–Kier alpha value is -1.70. The van der Waals surface area contributed by atoms with E-state index in [1.807, 2.05) is 25.3 Å². The minimum absolute atomic E-state index is 0.0909. The van der Waals surface area contributed by atoms with Crippen LogP contribution in [0.25, 0.3) is 0 Å². The Morgan fingerprint density at radius 2 is 1.81 bits per heavy atom. The van der Waals surface area contributed by atoms with Gasteiger partial charge in [-0.1, -0.05) is 32.8 Å². The Bertz CT molecular complexity index is 866. The smallest absolute Gasteiger partial charge is 0.240 e. The molecule has 1 aromatic heterocycles. The van der Waals surface area contributed by atoms with Crippen LogP contribution < -0.4 is 10.0 Å². The van der Waals surface area contributed by atoms with Crippen molar-refractivity contribution in [3.63, 3.8) is 0 Å². The van der Waals surface area contributed by atoms with Crippen LogP contribution in [0.1, 0.15) is 44.4 Å². The minimum Gasteiger partial charge on any atom is -0.326 e. The zero-order valence-electron chi connectivity index (χ0n) is 15.7. The van der Waals surface area contributed by atoms with Crippen LogP contribution in [0.15, 0.2) is 46.7 Å². The lowest BCUT2D eigenvalue weighted by Crippen LogP contribution is -2.38. The Labute approximate surface area is 165 Å². The first kappa shape index (κ1) is 20.0. The first-order valence-corrected chi connectivity index (χ1v) is 11.6. The van der Waals surface area contributed by atoms with Gasteiger partial charge in [-0.25, -0.2) is 13.1 Å². The summed E-state index contributed by atoms with van der Waals surface area (Å²) in [6.45, 7) is 4.04. The second kappa shape index (κ2) is 8.12. The van der Waals surface area contributed by atoms with Crippen LogP contribution in [-0.2, 0) is 20.2 Å². The lowest BCUT2D eigenvalue weighted by atomic mass is 9.85. The van der Waals surface area contributed by atoms with Gasteiger partial charge in [-0.3, -0.25) is 4.79 Å². The Morgan fingerprint density at radius 1 is 1.15 bits per heavy atom. The summed E-state index contributed by atoms with van der Waals surface area (Å²) in [4.78, 5) is 13.2. The van der Waals surface area contributed by atoms with Gasteiger partial charge >= 0.3 is 0 Å². The molecule has 0 spiro atoms. The van der Waals surface area contributed by atoms with Crippen molar-refractivity contribution in [1.29, 1.82) is 0 Å². The number of anilines is 1. The molecule has 5 nitrogen and oxygen atoms in total. The molecule has 1 aliphatic carbocycles. The van der Waals surface area contributed by atoms with Crippen molar-refractivity contribution >= 4 is 33.0 Å². The van der Waals surface area contributed by atoms with Crippen LogP contribution >= 0.6 is 11.3 Å². The molecule has 0 aliphatic heterocycles. The zero-order valence-corrected chi connectivity index (χ0v) is 17.3. The fraction of sp³-hybridized carbons (Fsp3) is 0.450. The summed E-state index contributed by atoms with van der Waals surface area (Å²) in [5.74, 6) is -0.224. The number of benzene rings is 1. The van der Waals surface area contributed by atoms with Crippen LogP contribution in [-0.4, -0.2) is 20.9 Å². The predicted molar refractivity (Wildman–Crippen MR) is 110 cm³/mol. The molecule has 2 aromatic rings. The van der Waals surface area contributed by atoms with E-state index in [9.17, 15) is 13.2 Å². The molecule has 0 radical (unpaired) electrons. The van der Waals surface area contributed by atoms with E-state index in [4.69, 9.17) is 0 Å². The van der Waals surface area contributed by atoms with E-state index in [2.05, 4.69) is 16.1 Å². The normalized spacial score (nSPS) is 16.6. The third-order valence-electron chi connectivity index (χ3n) is 5.16. The SMILES string of the molecule is CC(C)C(=O)Nc1ccc(S(=O)(=O)NCC2(c3cccs3)CCCC2)cc1. The van der Waals surface area contributed by atoms with Gasteiger partial charge in [-0.15, -0.1) is 11.3 Å². The largest absolute Gasteiger partial charge is 0.326 e. The second-order valence-corrected chi connectivity index (χ2v) is 10.2. The molecule has 0 saturated heterocycles. The van der Waals surface area contributed by atoms with Crippen molar-refractivity contribution in [2.24, 2.45) is 5.92 Å². The number of carbonyl (C=O) groups excluding carboxylic acids is 1. The highest BCUT2D eigenvalue weighted by Gasteiger charge is 2.37. The highest BCUT2D eigenvalue weighted by molar-refractivity contribution is 7.89. The van der Waals surface area contributed by atoms with Crippen LogP contribution in [0.2, 0.25) is 0 Å². The summed E-state index contributed by atoms with van der Waals surface area (Å²) in [5.41, 5.74) is 0.505. The van der Waals surface area contributed by atoms with Gasteiger partial charge in [0.15, 0.2) is 0 Å². The first-order valence-electron chi connectivity index (χ1n) is 9.27. The fourth-order valence-corrected chi connectivity index (χ4v) is 5.58. The maximum absolute atomic E-state index is 12.7. The van der Waals surface area contributed by atoms with E-state index >= 15 is 0 Å². The molecule has 3 rings (SSSR count). The Balaban J connectivity index is 1.70. The van der Waals surface area contributed by atoms with E-state index in [-0.39, 0.29) is 22.1 Å². The lowest BCUT2D eigenvalue weighted by Gasteiger charge is -2.28. The standard InChI is InChI=1S/C20H26N2O3S2/c1-15(2)19(23)22-16-7-9-17(10-8-16)27(24,25)21-14-20(11-3-4-12-20)18-6-5-13-26-18/h5-10,13,15,21H,3-4,11-12,14H2,1-2H3,(H,22,23). The monoisotopic (exact) mass is 406 g/mol. The molecule has 1 heterocycles. The molecule has 146 valence electrons. The van der Waals surface area contributed by atoms with Gasteiger partial charge in [0.1, 0.15) is 0 Å². The Kier molecular flexibility index (Phi) is 6.03. The third-order valence-corrected chi connectivity index (χ3v) is 7.70. The van der Waals surface area contributed by atoms with E-state index in [1.54, 1.807) is 23.5 Å². The quantitative estimate of drug-likeness (QED) is 0.726. The van der Waals surface area contributed by atoms with Gasteiger partial charge in [-0.05, 0) is 48.6 Å². The summed E-state index contributed by atoms with van der Waals surface area (Å²) in [5, 5.41) is 4.82. The predicted octanol–water partition coefficient (Wildman–Crippen LogP) is 4.13. The Morgan fingerprint density at radius 3 is 2.37 bits per heavy atom. The maximum Gasteiger partial charge on any atom is 0.240 e. The van der Waals surface area contributed by atoms with Crippen molar-refractivity contribution in [2.45, 2.75) is 49.8 Å². The highest BCUT2D eigenvalue weighted by Crippen LogP contribution is 2.42. The van der Waals surface area contributed by atoms with E-state index in [0.717, 1.165) is 25.7 Å². The highest BCUT2D eigenvalue weighted by atomic mass is 32.2. The molecule has 1 aromatic carbocycles. The number of carbonyl (C=O) groups is 1. The van der Waals surface area contributed by atoms with E-state index in [1.165, 1.54) is 17.0 Å². The van der Waals surface area contributed by atoms with Gasteiger partial charge in [0.2, 0.25) is 15.9 Å².